The van der Waals surface area contributed by atoms with Gasteiger partial charge < -0.3 is 9.64 Å². The van der Waals surface area contributed by atoms with E-state index in [1.165, 1.54) is 11.3 Å². The summed E-state index contributed by atoms with van der Waals surface area (Å²) in [6, 6.07) is 15.7. The van der Waals surface area contributed by atoms with Gasteiger partial charge in [-0.15, -0.1) is 22.7 Å². The van der Waals surface area contributed by atoms with Gasteiger partial charge in [0.2, 0.25) is 5.91 Å². The first-order valence-electron chi connectivity index (χ1n) is 9.50. The van der Waals surface area contributed by atoms with Gasteiger partial charge in [0.15, 0.2) is 0 Å². The lowest BCUT2D eigenvalue weighted by Gasteiger charge is -2.23. The van der Waals surface area contributed by atoms with Crippen LogP contribution in [-0.4, -0.2) is 27.9 Å². The third kappa shape index (κ3) is 4.93. The Morgan fingerprint density at radius 3 is 2.73 bits per heavy atom. The van der Waals surface area contributed by atoms with Crippen molar-refractivity contribution in [2.45, 2.75) is 19.5 Å². The minimum atomic E-state index is 0.0392. The smallest absolute Gasteiger partial charge is 0.229 e. The minimum absolute atomic E-state index is 0.0392. The molecular weight excluding hydrogens is 414 g/mol. The number of methoxy groups -OCH3 is 1. The van der Waals surface area contributed by atoms with Gasteiger partial charge in [-0.1, -0.05) is 24.3 Å². The molecule has 4 aromatic rings. The van der Waals surface area contributed by atoms with E-state index >= 15 is 0 Å². The molecule has 3 heterocycles. The number of carbonyl (C=O) groups is 1. The first-order chi connectivity index (χ1) is 14.7. The van der Waals surface area contributed by atoms with Crippen LogP contribution in [-0.2, 0) is 24.3 Å². The molecule has 30 heavy (non-hydrogen) atoms. The van der Waals surface area contributed by atoms with Gasteiger partial charge in [-0.25, -0.2) is 4.98 Å². The van der Waals surface area contributed by atoms with Crippen LogP contribution in [0.5, 0.6) is 5.75 Å². The van der Waals surface area contributed by atoms with Crippen LogP contribution in [0.25, 0.3) is 10.6 Å². The Bertz CT molecular complexity index is 1090. The van der Waals surface area contributed by atoms with Crippen LogP contribution in [0, 0.1) is 0 Å². The average Bonchev–Trinajstić information content (AvgIpc) is 3.46. The Labute approximate surface area is 183 Å². The number of ether oxygens (including phenoxy) is 1. The minimum Gasteiger partial charge on any atom is -0.496 e. The molecule has 0 bridgehead atoms. The summed E-state index contributed by atoms with van der Waals surface area (Å²) in [5, 5.41) is 4.86. The number of thiophene rings is 1. The summed E-state index contributed by atoms with van der Waals surface area (Å²) >= 11 is 3.18. The summed E-state index contributed by atoms with van der Waals surface area (Å²) in [4.78, 5) is 25.0. The lowest BCUT2D eigenvalue weighted by atomic mass is 10.1. The molecule has 0 radical (unpaired) electrons. The fourth-order valence-corrected chi connectivity index (χ4v) is 4.67. The van der Waals surface area contributed by atoms with Crippen LogP contribution >= 0.6 is 22.7 Å². The van der Waals surface area contributed by atoms with Crippen molar-refractivity contribution in [1.29, 1.82) is 0 Å². The molecule has 1 amide bonds. The zero-order valence-electron chi connectivity index (χ0n) is 16.5. The number of rotatable bonds is 8. The van der Waals surface area contributed by atoms with Crippen molar-refractivity contribution < 1.29 is 9.53 Å². The zero-order chi connectivity index (χ0) is 20.8. The predicted molar refractivity (Wildman–Crippen MR) is 121 cm³/mol. The van der Waals surface area contributed by atoms with Crippen molar-refractivity contribution in [3.63, 3.8) is 0 Å². The molecule has 152 valence electrons. The van der Waals surface area contributed by atoms with E-state index in [2.05, 4.69) is 16.0 Å². The molecule has 1 aromatic carbocycles. The summed E-state index contributed by atoms with van der Waals surface area (Å²) in [6.07, 6.45) is 3.79. The maximum atomic E-state index is 13.2. The van der Waals surface area contributed by atoms with E-state index in [1.54, 1.807) is 30.8 Å². The van der Waals surface area contributed by atoms with Crippen molar-refractivity contribution in [3.05, 3.63) is 87.8 Å². The molecule has 0 fully saturated rings. The van der Waals surface area contributed by atoms with Crippen LogP contribution in [0.2, 0.25) is 0 Å². The second-order valence-corrected chi connectivity index (χ2v) is 8.59. The quantitative estimate of drug-likeness (QED) is 0.389. The van der Waals surface area contributed by atoms with Crippen molar-refractivity contribution in [2.75, 3.05) is 7.11 Å². The van der Waals surface area contributed by atoms with Crippen LogP contribution in [0.15, 0.2) is 71.7 Å². The lowest BCUT2D eigenvalue weighted by molar-refractivity contribution is -0.131. The molecule has 0 atom stereocenters. The van der Waals surface area contributed by atoms with Crippen LogP contribution in [0.4, 0.5) is 0 Å². The molecule has 5 nitrogen and oxygen atoms in total. The van der Waals surface area contributed by atoms with Crippen LogP contribution in [0.3, 0.4) is 0 Å². The fourth-order valence-electron chi connectivity index (χ4n) is 3.14. The maximum absolute atomic E-state index is 13.2. The molecule has 3 aromatic heterocycles. The maximum Gasteiger partial charge on any atom is 0.229 e. The highest BCUT2D eigenvalue weighted by Crippen LogP contribution is 2.25. The third-order valence-electron chi connectivity index (χ3n) is 4.63. The molecular formula is C23H21N3O2S2. The van der Waals surface area contributed by atoms with E-state index in [1.807, 2.05) is 58.1 Å². The largest absolute Gasteiger partial charge is 0.496 e. The van der Waals surface area contributed by atoms with Gasteiger partial charge in [0.1, 0.15) is 10.8 Å². The molecule has 0 unspecified atom stereocenters. The number of pyridine rings is 1. The fraction of sp³-hybridized carbons (Fsp3) is 0.174. The highest BCUT2D eigenvalue weighted by molar-refractivity contribution is 7.13. The SMILES string of the molecule is COc1ccccc1CN(Cc1cccs1)C(=O)Cc1csc(-c2cccnc2)n1. The molecule has 0 spiro atoms. The Hall–Kier alpha value is -3.03. The van der Waals surface area contributed by atoms with Gasteiger partial charge in [0.25, 0.3) is 0 Å². The molecule has 4 rings (SSSR count). The van der Waals surface area contributed by atoms with Crippen molar-refractivity contribution in [2.24, 2.45) is 0 Å². The van der Waals surface area contributed by atoms with Crippen molar-refractivity contribution in [1.82, 2.24) is 14.9 Å². The van der Waals surface area contributed by atoms with Gasteiger partial charge in [-0.05, 0) is 29.6 Å². The van der Waals surface area contributed by atoms with Crippen molar-refractivity contribution >= 4 is 28.6 Å². The van der Waals surface area contributed by atoms with E-state index in [0.29, 0.717) is 13.1 Å². The summed E-state index contributed by atoms with van der Waals surface area (Å²) in [6.45, 7) is 1.05. The summed E-state index contributed by atoms with van der Waals surface area (Å²) < 4.78 is 5.48. The normalized spacial score (nSPS) is 10.7. The standard InChI is InChI=1S/C23H21N3O2S2/c1-28-21-9-3-2-6-18(21)14-26(15-20-8-5-11-29-20)22(27)12-19-16-30-23(25-19)17-7-4-10-24-13-17/h2-11,13,16H,12,14-15H2,1H3. The first kappa shape index (κ1) is 20.3. The molecule has 7 heteroatoms. The van der Waals surface area contributed by atoms with E-state index in [-0.39, 0.29) is 12.3 Å². The second kappa shape index (κ2) is 9.65. The highest BCUT2D eigenvalue weighted by atomic mass is 32.1. The average molecular weight is 436 g/mol. The predicted octanol–water partition coefficient (Wildman–Crippen LogP) is 5.05. The Morgan fingerprint density at radius 1 is 1.07 bits per heavy atom. The lowest BCUT2D eigenvalue weighted by Crippen LogP contribution is -2.31. The number of benzene rings is 1. The summed E-state index contributed by atoms with van der Waals surface area (Å²) in [5.74, 6) is 0.825. The van der Waals surface area contributed by atoms with Crippen LogP contribution < -0.4 is 4.74 Å². The second-order valence-electron chi connectivity index (χ2n) is 6.70. The van der Waals surface area contributed by atoms with Gasteiger partial charge in [-0.3, -0.25) is 9.78 Å². The Kier molecular flexibility index (Phi) is 6.51. The number of para-hydroxylation sites is 1. The highest BCUT2D eigenvalue weighted by Gasteiger charge is 2.19. The van der Waals surface area contributed by atoms with E-state index in [9.17, 15) is 4.79 Å². The van der Waals surface area contributed by atoms with Gasteiger partial charge >= 0.3 is 0 Å². The van der Waals surface area contributed by atoms with E-state index in [0.717, 1.165) is 32.5 Å². The van der Waals surface area contributed by atoms with Crippen LogP contribution in [0.1, 0.15) is 16.1 Å². The summed E-state index contributed by atoms with van der Waals surface area (Å²) in [7, 11) is 1.65. The zero-order valence-corrected chi connectivity index (χ0v) is 18.2. The third-order valence-corrected chi connectivity index (χ3v) is 6.43. The number of hydrogen-bond donors (Lipinski definition) is 0. The van der Waals surface area contributed by atoms with Gasteiger partial charge in [0, 0.05) is 40.3 Å². The monoisotopic (exact) mass is 435 g/mol. The first-order valence-corrected chi connectivity index (χ1v) is 11.3. The number of carbonyl (C=O) groups excluding carboxylic acids is 1. The molecule has 0 aliphatic rings. The molecule has 0 aliphatic heterocycles. The van der Waals surface area contributed by atoms with Gasteiger partial charge in [-0.2, -0.15) is 0 Å². The molecule has 0 saturated carbocycles. The topological polar surface area (TPSA) is 55.3 Å². The molecule has 0 saturated heterocycles. The van der Waals surface area contributed by atoms with Crippen molar-refractivity contribution in [3.8, 4) is 16.3 Å². The molecule has 0 aliphatic carbocycles. The number of thiazole rings is 1. The van der Waals surface area contributed by atoms with E-state index < -0.39 is 0 Å². The molecule has 0 N–H and O–H groups in total. The number of aromatic nitrogens is 2. The number of nitrogens with zero attached hydrogens (tertiary/aromatic N) is 3. The van der Waals surface area contributed by atoms with Gasteiger partial charge in [0.05, 0.1) is 25.8 Å². The number of hydrogen-bond acceptors (Lipinski definition) is 6. The Morgan fingerprint density at radius 2 is 1.97 bits per heavy atom. The summed E-state index contributed by atoms with van der Waals surface area (Å²) in [5.41, 5.74) is 2.73. The number of amides is 1. The Balaban J connectivity index is 1.53. The van der Waals surface area contributed by atoms with E-state index in [4.69, 9.17) is 4.74 Å².